The largest absolute Gasteiger partial charge is 0.363 e. The van der Waals surface area contributed by atoms with Gasteiger partial charge in [0.05, 0.1) is 0 Å². The lowest BCUT2D eigenvalue weighted by molar-refractivity contribution is -0.0101. The third-order valence-electron chi connectivity index (χ3n) is 8.91. The summed E-state index contributed by atoms with van der Waals surface area (Å²) in [5, 5.41) is 11.1. The second-order valence-corrected chi connectivity index (χ2v) is 11.6. The first-order chi connectivity index (χ1) is 14.6. The molecule has 5 saturated carbocycles. The molecule has 5 nitrogen and oxygen atoms in total. The number of nitrogens with one attached hydrogen (secondary N) is 3. The van der Waals surface area contributed by atoms with Gasteiger partial charge in [-0.2, -0.15) is 0 Å². The zero-order valence-corrected chi connectivity index (χ0v) is 19.3. The number of amides is 2. The van der Waals surface area contributed by atoms with Gasteiger partial charge in [-0.05, 0) is 99.6 Å². The second-order valence-electron chi connectivity index (χ2n) is 11.2. The number of carbonyl (C=O) groups is 1. The van der Waals surface area contributed by atoms with Gasteiger partial charge in [0, 0.05) is 31.7 Å². The molecular formula is C24H40N4OS. The molecule has 6 fully saturated rings. The molecule has 1 heterocycles. The van der Waals surface area contributed by atoms with E-state index in [0.29, 0.717) is 0 Å². The normalized spacial score (nSPS) is 39.3. The summed E-state index contributed by atoms with van der Waals surface area (Å²) >= 11 is 5.63. The lowest BCUT2D eigenvalue weighted by Crippen LogP contribution is -2.61. The molecule has 1 saturated heterocycles. The highest BCUT2D eigenvalue weighted by Gasteiger charge is 2.51. The number of carbonyl (C=O) groups excluding carboxylic acids is 1. The first-order valence-corrected chi connectivity index (χ1v) is 13.1. The molecule has 30 heavy (non-hydrogen) atoms. The lowest BCUT2D eigenvalue weighted by Gasteiger charge is -2.57. The van der Waals surface area contributed by atoms with Gasteiger partial charge in [-0.25, -0.2) is 4.79 Å². The van der Waals surface area contributed by atoms with Crippen LogP contribution in [0.3, 0.4) is 0 Å². The van der Waals surface area contributed by atoms with Crippen molar-refractivity contribution in [3.05, 3.63) is 0 Å². The van der Waals surface area contributed by atoms with E-state index in [-0.39, 0.29) is 11.6 Å². The SMILES string of the molecule is O=C(NCCCNC(=S)NC12CC3CC(CC(C3)C1)C2)N1CCC2CCCCC2C1. The van der Waals surface area contributed by atoms with Crippen LogP contribution in [0.2, 0.25) is 0 Å². The fourth-order valence-electron chi connectivity index (χ4n) is 7.93. The summed E-state index contributed by atoms with van der Waals surface area (Å²) in [6.45, 7) is 3.44. The van der Waals surface area contributed by atoms with Crippen molar-refractivity contribution in [2.24, 2.45) is 29.6 Å². The van der Waals surface area contributed by atoms with E-state index in [1.54, 1.807) is 0 Å². The Hall–Kier alpha value is -1.04. The van der Waals surface area contributed by atoms with Crippen LogP contribution in [0.5, 0.6) is 0 Å². The summed E-state index contributed by atoms with van der Waals surface area (Å²) in [4.78, 5) is 14.6. The summed E-state index contributed by atoms with van der Waals surface area (Å²) in [5.74, 6) is 4.41. The Morgan fingerprint density at radius 1 is 0.900 bits per heavy atom. The zero-order chi connectivity index (χ0) is 20.6. The number of hydrogen-bond donors (Lipinski definition) is 3. The summed E-state index contributed by atoms with van der Waals surface area (Å²) in [6.07, 6.45) is 15.8. The van der Waals surface area contributed by atoms with Crippen molar-refractivity contribution >= 4 is 23.4 Å². The second kappa shape index (κ2) is 8.84. The predicted molar refractivity (Wildman–Crippen MR) is 124 cm³/mol. The molecule has 6 aliphatic rings. The molecule has 168 valence electrons. The third kappa shape index (κ3) is 4.58. The molecular weight excluding hydrogens is 392 g/mol. The Balaban J connectivity index is 0.978. The van der Waals surface area contributed by atoms with Gasteiger partial charge in [0.15, 0.2) is 5.11 Å². The van der Waals surface area contributed by atoms with Crippen LogP contribution in [-0.2, 0) is 0 Å². The van der Waals surface area contributed by atoms with E-state index in [1.165, 1.54) is 70.6 Å². The lowest BCUT2D eigenvalue weighted by atomic mass is 9.53. The number of nitrogens with zero attached hydrogens (tertiary/aromatic N) is 1. The van der Waals surface area contributed by atoms with Gasteiger partial charge in [-0.3, -0.25) is 0 Å². The average molecular weight is 433 g/mol. The quantitative estimate of drug-likeness (QED) is 0.453. The summed E-state index contributed by atoms with van der Waals surface area (Å²) in [5.41, 5.74) is 0.276. The van der Waals surface area contributed by atoms with Crippen molar-refractivity contribution in [3.8, 4) is 0 Å². The molecule has 4 bridgehead atoms. The molecule has 6 heteroatoms. The number of fused-ring (bicyclic) bond motifs is 1. The van der Waals surface area contributed by atoms with Gasteiger partial charge in [-0.1, -0.05) is 19.3 Å². The molecule has 5 aliphatic carbocycles. The van der Waals surface area contributed by atoms with Crippen LogP contribution in [0.25, 0.3) is 0 Å². The van der Waals surface area contributed by atoms with Gasteiger partial charge in [0.2, 0.25) is 0 Å². The Labute approximate surface area is 187 Å². The predicted octanol–water partition coefficient (Wildman–Crippen LogP) is 4.03. The molecule has 1 aliphatic heterocycles. The molecule has 2 amide bonds. The van der Waals surface area contributed by atoms with Crippen LogP contribution in [0.1, 0.15) is 77.0 Å². The first kappa shape index (κ1) is 20.8. The number of hydrogen-bond acceptors (Lipinski definition) is 2. The Morgan fingerprint density at radius 3 is 2.23 bits per heavy atom. The summed E-state index contributed by atoms with van der Waals surface area (Å²) in [7, 11) is 0. The fourth-order valence-corrected chi connectivity index (χ4v) is 8.25. The van der Waals surface area contributed by atoms with E-state index < -0.39 is 0 Å². The molecule has 3 N–H and O–H groups in total. The van der Waals surface area contributed by atoms with Gasteiger partial charge < -0.3 is 20.9 Å². The van der Waals surface area contributed by atoms with E-state index in [0.717, 1.165) is 67.3 Å². The Bertz CT molecular complexity index is 618. The third-order valence-corrected chi connectivity index (χ3v) is 9.16. The minimum Gasteiger partial charge on any atom is -0.363 e. The molecule has 0 aromatic rings. The van der Waals surface area contributed by atoms with Crippen molar-refractivity contribution in [1.82, 2.24) is 20.9 Å². The van der Waals surface area contributed by atoms with Crippen molar-refractivity contribution in [2.75, 3.05) is 26.2 Å². The number of thiocarbonyl (C=S) groups is 1. The molecule has 0 radical (unpaired) electrons. The van der Waals surface area contributed by atoms with E-state index in [2.05, 4.69) is 20.9 Å². The van der Waals surface area contributed by atoms with Gasteiger partial charge >= 0.3 is 6.03 Å². The number of rotatable bonds is 5. The maximum Gasteiger partial charge on any atom is 0.317 e. The highest BCUT2D eigenvalue weighted by Crippen LogP contribution is 2.55. The van der Waals surface area contributed by atoms with E-state index >= 15 is 0 Å². The highest BCUT2D eigenvalue weighted by molar-refractivity contribution is 7.80. The highest BCUT2D eigenvalue weighted by atomic mass is 32.1. The number of piperidine rings is 1. The van der Waals surface area contributed by atoms with E-state index in [4.69, 9.17) is 12.2 Å². The summed E-state index contributed by atoms with van der Waals surface area (Å²) < 4.78 is 0. The average Bonchev–Trinajstić information content (AvgIpc) is 2.71. The molecule has 0 aromatic carbocycles. The topological polar surface area (TPSA) is 56.4 Å². The fraction of sp³-hybridized carbons (Fsp3) is 0.917. The zero-order valence-electron chi connectivity index (χ0n) is 18.5. The smallest absolute Gasteiger partial charge is 0.317 e. The van der Waals surface area contributed by atoms with Crippen molar-refractivity contribution < 1.29 is 4.79 Å². The van der Waals surface area contributed by atoms with Crippen molar-refractivity contribution in [3.63, 3.8) is 0 Å². The van der Waals surface area contributed by atoms with Crippen LogP contribution in [0.15, 0.2) is 0 Å². The maximum absolute atomic E-state index is 12.5. The van der Waals surface area contributed by atoms with Gasteiger partial charge in [0.1, 0.15) is 0 Å². The van der Waals surface area contributed by atoms with Crippen molar-refractivity contribution in [2.45, 2.75) is 82.6 Å². The van der Waals surface area contributed by atoms with Crippen molar-refractivity contribution in [1.29, 1.82) is 0 Å². The van der Waals surface area contributed by atoms with Crippen LogP contribution < -0.4 is 16.0 Å². The molecule has 6 rings (SSSR count). The molecule has 0 spiro atoms. The summed E-state index contributed by atoms with van der Waals surface area (Å²) in [6, 6.07) is 0.133. The van der Waals surface area contributed by atoms with Crippen LogP contribution in [-0.4, -0.2) is 47.8 Å². The Kier molecular flexibility index (Phi) is 6.14. The molecule has 0 aromatic heterocycles. The molecule has 2 atom stereocenters. The van der Waals surface area contributed by atoms with Gasteiger partial charge in [-0.15, -0.1) is 0 Å². The number of likely N-dealkylation sites (tertiary alicyclic amines) is 1. The monoisotopic (exact) mass is 432 g/mol. The Morgan fingerprint density at radius 2 is 1.53 bits per heavy atom. The minimum atomic E-state index is 0.133. The van der Waals surface area contributed by atoms with Crippen LogP contribution in [0.4, 0.5) is 4.79 Å². The van der Waals surface area contributed by atoms with Crippen LogP contribution in [0, 0.1) is 29.6 Å². The maximum atomic E-state index is 12.5. The van der Waals surface area contributed by atoms with E-state index in [1.807, 2.05) is 0 Å². The first-order valence-electron chi connectivity index (χ1n) is 12.7. The minimum absolute atomic E-state index is 0.133. The number of urea groups is 1. The standard InChI is InChI=1S/C24H40N4OS/c29-23(28-9-6-20-4-1-2-5-21(20)16-28)26-8-3-7-25-22(30)27-24-13-17-10-18(14-24)12-19(11-17)15-24/h17-21H,1-16H2,(H,26,29)(H2,25,27,30). The van der Waals surface area contributed by atoms with Crippen LogP contribution >= 0.6 is 12.2 Å². The molecule has 2 unspecified atom stereocenters. The van der Waals surface area contributed by atoms with Gasteiger partial charge in [0.25, 0.3) is 0 Å². The van der Waals surface area contributed by atoms with E-state index in [9.17, 15) is 4.79 Å².